The molecule has 0 radical (unpaired) electrons. The van der Waals surface area contributed by atoms with E-state index in [0.717, 1.165) is 16.7 Å². The molecular formula is C19H20N5O14P. The lowest BCUT2D eigenvalue weighted by Gasteiger charge is -2.20. The van der Waals surface area contributed by atoms with E-state index in [1.165, 1.54) is 24.4 Å². The third-order valence-corrected chi connectivity index (χ3v) is 6.60. The van der Waals surface area contributed by atoms with Crippen LogP contribution in [0.1, 0.15) is 17.7 Å². The highest BCUT2D eigenvalue weighted by molar-refractivity contribution is 7.48. The molecule has 4 N–H and O–H groups in total. The quantitative estimate of drug-likeness (QED) is 0.155. The van der Waals surface area contributed by atoms with Crippen LogP contribution < -0.4 is 11.4 Å². The Kier molecular flexibility index (Phi) is 8.21. The van der Waals surface area contributed by atoms with Crippen molar-refractivity contribution in [3.05, 3.63) is 78.8 Å². The van der Waals surface area contributed by atoms with Crippen LogP contribution >= 0.6 is 7.82 Å². The van der Waals surface area contributed by atoms with Gasteiger partial charge in [-0.05, 0) is 18.2 Å². The fraction of sp³-hybridized carbons (Fsp3) is 0.368. The molecule has 0 bridgehead atoms. The number of nitrogens with two attached hydrogens (primary N) is 1. The van der Waals surface area contributed by atoms with E-state index >= 15 is 0 Å². The lowest BCUT2D eigenvalue weighted by atomic mass is 10.1. The maximum atomic E-state index is 13.3. The predicted octanol–water partition coefficient (Wildman–Crippen LogP) is 1.01. The van der Waals surface area contributed by atoms with Gasteiger partial charge in [-0.25, -0.2) is 9.36 Å². The molecule has 0 saturated carbocycles. The second-order valence-corrected chi connectivity index (χ2v) is 9.54. The summed E-state index contributed by atoms with van der Waals surface area (Å²) in [5.41, 5.74) is 4.58. The van der Waals surface area contributed by atoms with Crippen molar-refractivity contribution >= 4 is 25.4 Å². The molecule has 4 rings (SSSR count). The van der Waals surface area contributed by atoms with Crippen molar-refractivity contribution in [2.24, 2.45) is 0 Å². The van der Waals surface area contributed by atoms with Gasteiger partial charge < -0.3 is 29.5 Å². The highest BCUT2D eigenvalue weighted by Gasteiger charge is 2.45. The molecule has 1 fully saturated rings. The summed E-state index contributed by atoms with van der Waals surface area (Å²) in [6, 6.07) is 5.70. The first kappa shape index (κ1) is 28.0. The normalized spacial score (nSPS) is 21.3. The van der Waals surface area contributed by atoms with Crippen LogP contribution in [0.15, 0.2) is 50.2 Å². The highest BCUT2D eigenvalue weighted by Crippen LogP contribution is 2.52. The molecule has 3 aromatic heterocycles. The number of ether oxygens (including phenoxy) is 1. The van der Waals surface area contributed by atoms with Crippen molar-refractivity contribution in [3.63, 3.8) is 0 Å². The number of aliphatic hydroxyl groups excluding tert-OH is 2. The van der Waals surface area contributed by atoms with E-state index in [0.29, 0.717) is 0 Å². The molecule has 4 atom stereocenters. The topological polar surface area (TPSA) is 268 Å². The molecular weight excluding hydrogens is 553 g/mol. The molecule has 39 heavy (non-hydrogen) atoms. The van der Waals surface area contributed by atoms with Crippen LogP contribution in [-0.2, 0) is 36.1 Å². The fourth-order valence-electron chi connectivity index (χ4n) is 3.36. The number of nitrogen functional groups attached to an aromatic ring is 1. The van der Waals surface area contributed by atoms with Crippen LogP contribution in [0.2, 0.25) is 0 Å². The van der Waals surface area contributed by atoms with Gasteiger partial charge in [0.15, 0.2) is 6.23 Å². The molecule has 1 aliphatic rings. The second kappa shape index (κ2) is 11.4. The minimum Gasteiger partial charge on any atom is -0.403 e. The lowest BCUT2D eigenvalue weighted by Crippen LogP contribution is -2.36. The van der Waals surface area contributed by atoms with Crippen LogP contribution in [0.5, 0.6) is 0 Å². The maximum Gasteiger partial charge on any atom is 0.475 e. The third kappa shape index (κ3) is 6.55. The summed E-state index contributed by atoms with van der Waals surface area (Å²) >= 11 is 0. The Morgan fingerprint density at radius 2 is 1.54 bits per heavy atom. The monoisotopic (exact) mass is 573 g/mol. The first-order valence-corrected chi connectivity index (χ1v) is 12.3. The average molecular weight is 573 g/mol. The molecule has 1 aliphatic heterocycles. The number of aliphatic hydroxyl groups is 2. The number of aromatic nitrogens is 2. The fourth-order valence-corrected chi connectivity index (χ4v) is 4.49. The summed E-state index contributed by atoms with van der Waals surface area (Å²) in [6.07, 6.45) is -4.83. The zero-order chi connectivity index (χ0) is 28.3. The van der Waals surface area contributed by atoms with Gasteiger partial charge in [0, 0.05) is 6.20 Å². The minimum absolute atomic E-state index is 0.0804. The van der Waals surface area contributed by atoms with Crippen LogP contribution in [0.25, 0.3) is 0 Å². The van der Waals surface area contributed by atoms with Crippen molar-refractivity contribution in [2.75, 3.05) is 12.3 Å². The maximum absolute atomic E-state index is 13.3. The number of hydrogen-bond donors (Lipinski definition) is 3. The Bertz CT molecular complexity index is 1390. The summed E-state index contributed by atoms with van der Waals surface area (Å²) < 4.78 is 45.2. The molecule has 20 heteroatoms. The van der Waals surface area contributed by atoms with Crippen molar-refractivity contribution in [1.82, 2.24) is 9.55 Å². The van der Waals surface area contributed by atoms with Gasteiger partial charge in [-0.15, -0.1) is 0 Å². The summed E-state index contributed by atoms with van der Waals surface area (Å²) in [4.78, 5) is 35.7. The number of phosphoric ester groups is 1. The van der Waals surface area contributed by atoms with Crippen molar-refractivity contribution in [2.45, 2.75) is 37.8 Å². The van der Waals surface area contributed by atoms with Crippen molar-refractivity contribution in [3.8, 4) is 0 Å². The van der Waals surface area contributed by atoms with Crippen LogP contribution in [0.4, 0.5) is 17.6 Å². The first-order valence-electron chi connectivity index (χ1n) is 10.8. The molecule has 4 heterocycles. The summed E-state index contributed by atoms with van der Waals surface area (Å²) in [7, 11) is -4.62. The smallest absolute Gasteiger partial charge is 0.403 e. The van der Waals surface area contributed by atoms with E-state index < -0.39 is 79.5 Å². The molecule has 19 nitrogen and oxygen atoms in total. The lowest BCUT2D eigenvalue weighted by molar-refractivity contribution is -0.402. The number of anilines is 1. The number of rotatable bonds is 12. The van der Waals surface area contributed by atoms with E-state index in [9.17, 15) is 39.8 Å². The summed E-state index contributed by atoms with van der Waals surface area (Å²) in [5, 5.41) is 42.4. The van der Waals surface area contributed by atoms with E-state index in [1.807, 2.05) is 0 Å². The Balaban J connectivity index is 1.46. The zero-order valence-corrected chi connectivity index (χ0v) is 20.4. The zero-order valence-electron chi connectivity index (χ0n) is 19.5. The molecule has 0 spiro atoms. The van der Waals surface area contributed by atoms with Crippen LogP contribution in [0, 0.1) is 20.2 Å². The first-order chi connectivity index (χ1) is 18.5. The molecule has 0 amide bonds. The highest BCUT2D eigenvalue weighted by atomic mass is 31.2. The number of nitrogens with zero attached hydrogens (tertiary/aromatic N) is 4. The van der Waals surface area contributed by atoms with Gasteiger partial charge in [-0.1, -0.05) is 0 Å². The van der Waals surface area contributed by atoms with Gasteiger partial charge in [-0.2, -0.15) is 4.98 Å². The SMILES string of the molecule is Nc1ccn([C@@H]2O[C@H](COP(=O)(OCc3ccc([N+](=O)[O-])o3)OCc3ccc([N+](=O)[O-])o3)[C@@H](O)[C@@H]2O)c(=O)n1. The van der Waals surface area contributed by atoms with Gasteiger partial charge >= 0.3 is 25.3 Å². The minimum atomic E-state index is -4.62. The van der Waals surface area contributed by atoms with E-state index in [-0.39, 0.29) is 17.3 Å². The van der Waals surface area contributed by atoms with Crippen molar-refractivity contribution < 1.29 is 51.8 Å². The molecule has 1 saturated heterocycles. The van der Waals surface area contributed by atoms with Crippen molar-refractivity contribution in [1.29, 1.82) is 0 Å². The van der Waals surface area contributed by atoms with E-state index in [4.69, 9.17) is 32.9 Å². The Hall–Kier alpha value is -3.97. The van der Waals surface area contributed by atoms with E-state index in [2.05, 4.69) is 4.98 Å². The number of hydrogen-bond acceptors (Lipinski definition) is 16. The molecule has 3 aromatic rings. The average Bonchev–Trinajstić information content (AvgIpc) is 3.62. The number of phosphoric acid groups is 1. The van der Waals surface area contributed by atoms with Gasteiger partial charge in [0.05, 0.1) is 18.7 Å². The number of furan rings is 2. The second-order valence-electron chi connectivity index (χ2n) is 7.87. The van der Waals surface area contributed by atoms with Gasteiger partial charge in [0.25, 0.3) is 0 Å². The summed E-state index contributed by atoms with van der Waals surface area (Å²) in [6.45, 7) is -1.97. The van der Waals surface area contributed by atoms with Crippen LogP contribution in [0.3, 0.4) is 0 Å². The summed E-state index contributed by atoms with van der Waals surface area (Å²) in [5.74, 6) is -1.54. The molecule has 0 aliphatic carbocycles. The van der Waals surface area contributed by atoms with Crippen LogP contribution in [-0.4, -0.2) is 54.5 Å². The van der Waals surface area contributed by atoms with Gasteiger partial charge in [0.1, 0.15) is 58.7 Å². The Labute approximate surface area is 216 Å². The van der Waals surface area contributed by atoms with E-state index in [1.54, 1.807) is 0 Å². The molecule has 210 valence electrons. The number of nitro groups is 2. The molecule has 0 aromatic carbocycles. The van der Waals surface area contributed by atoms with Gasteiger partial charge in [-0.3, -0.25) is 38.4 Å². The Morgan fingerprint density at radius 1 is 0.974 bits per heavy atom. The third-order valence-electron chi connectivity index (χ3n) is 5.24. The standard InChI is InChI=1S/C19H20N5O14P/c20-13-5-6-22(19(27)21-13)18-17(26)16(25)12(38-18)9-35-39(32,33-7-10-1-3-14(36-10)23(28)29)34-8-11-2-4-15(37-11)24(30)31/h1-6,12,16-18,25-26H,7-9H2,(H2,20,21,27)/t12-,16-,17+,18-/m1/s1. The van der Waals surface area contributed by atoms with Gasteiger partial charge in [0.2, 0.25) is 0 Å². The molecule has 0 unspecified atom stereocenters. The largest absolute Gasteiger partial charge is 0.475 e. The Morgan fingerprint density at radius 3 is 2.03 bits per heavy atom. The predicted molar refractivity (Wildman–Crippen MR) is 123 cm³/mol.